The zero-order valence-corrected chi connectivity index (χ0v) is 9.12. The Balaban J connectivity index is 0.000000873. The topological polar surface area (TPSA) is 29.1 Å². The van der Waals surface area contributed by atoms with Crippen LogP contribution in [0.2, 0.25) is 0 Å². The molecule has 0 aliphatic rings. The summed E-state index contributed by atoms with van der Waals surface area (Å²) in [4.78, 5) is 10.6. The molecule has 0 aliphatic heterocycles. The molecule has 0 atom stereocenters. The third-order valence-electron chi connectivity index (χ3n) is 1.55. The smallest absolute Gasteiger partial charge is 0.326 e. The molecule has 0 aliphatic carbocycles. The number of alkyl halides is 5. The van der Waals surface area contributed by atoms with Crippen LogP contribution >= 0.6 is 0 Å². The highest BCUT2D eigenvalue weighted by atomic mass is 19.4. The molecule has 18 heavy (non-hydrogen) atoms. The number of rotatable bonds is 1. The van der Waals surface area contributed by atoms with Gasteiger partial charge in [0.15, 0.2) is 0 Å². The van der Waals surface area contributed by atoms with Crippen LogP contribution in [0.1, 0.15) is 12.5 Å². The lowest BCUT2D eigenvalue weighted by Crippen LogP contribution is -2.10. The Morgan fingerprint density at radius 1 is 1.22 bits per heavy atom. The standard InChI is InChI=1S/C9H7F4NO.CH2F2/c1-5(15)14-8-3-6(9(11,12)13)2-7(10)4-8;2-1-3/h2-4H,1H3,(H,14,15);1H2. The highest BCUT2D eigenvalue weighted by Crippen LogP contribution is 2.31. The molecular formula is C10H9F6NO. The summed E-state index contributed by atoms with van der Waals surface area (Å²) < 4.78 is 68.6. The first kappa shape index (κ1) is 16.3. The van der Waals surface area contributed by atoms with Gasteiger partial charge >= 0.3 is 6.18 Å². The SMILES string of the molecule is CC(=O)Nc1cc(F)cc(C(F)(F)F)c1.FCF. The van der Waals surface area contributed by atoms with Crippen LogP contribution in [0.4, 0.5) is 32.0 Å². The maximum absolute atomic E-state index is 12.8. The van der Waals surface area contributed by atoms with Crippen molar-refractivity contribution in [3.05, 3.63) is 29.6 Å². The van der Waals surface area contributed by atoms with Crippen LogP contribution in [0.5, 0.6) is 0 Å². The minimum Gasteiger partial charge on any atom is -0.326 e. The highest BCUT2D eigenvalue weighted by Gasteiger charge is 2.31. The zero-order chi connectivity index (χ0) is 14.3. The van der Waals surface area contributed by atoms with Crippen molar-refractivity contribution in [2.24, 2.45) is 0 Å². The molecule has 0 saturated heterocycles. The van der Waals surface area contributed by atoms with Crippen molar-refractivity contribution in [2.75, 3.05) is 12.2 Å². The Hall–Kier alpha value is -1.73. The van der Waals surface area contributed by atoms with E-state index in [-0.39, 0.29) is 5.69 Å². The molecule has 0 unspecified atom stereocenters. The number of nitrogens with one attached hydrogen (secondary N) is 1. The van der Waals surface area contributed by atoms with Gasteiger partial charge in [0.05, 0.1) is 5.56 Å². The summed E-state index contributed by atoms with van der Waals surface area (Å²) in [6.45, 7) is -0.627. The third kappa shape index (κ3) is 6.12. The molecule has 0 spiro atoms. The second-order valence-electron chi connectivity index (χ2n) is 3.01. The van der Waals surface area contributed by atoms with Gasteiger partial charge in [0.1, 0.15) is 5.82 Å². The molecule has 0 saturated carbocycles. The number of hydrogen-bond donors (Lipinski definition) is 1. The van der Waals surface area contributed by atoms with E-state index in [9.17, 15) is 31.1 Å². The molecule has 8 heteroatoms. The lowest BCUT2D eigenvalue weighted by atomic mass is 10.2. The van der Waals surface area contributed by atoms with Crippen molar-refractivity contribution in [1.82, 2.24) is 0 Å². The summed E-state index contributed by atoms with van der Waals surface area (Å²) >= 11 is 0. The Morgan fingerprint density at radius 3 is 2.11 bits per heavy atom. The average Bonchev–Trinajstić information content (AvgIpc) is 2.15. The van der Waals surface area contributed by atoms with Gasteiger partial charge in [0.25, 0.3) is 0 Å². The second-order valence-corrected chi connectivity index (χ2v) is 3.01. The molecular weight excluding hydrogens is 264 g/mol. The summed E-state index contributed by atoms with van der Waals surface area (Å²) in [5.41, 5.74) is -1.35. The minimum atomic E-state index is -4.63. The molecule has 0 bridgehead atoms. The first-order chi connectivity index (χ1) is 8.20. The second kappa shape index (κ2) is 6.87. The molecule has 102 valence electrons. The van der Waals surface area contributed by atoms with E-state index in [0.29, 0.717) is 12.1 Å². The number of halogens is 6. The molecule has 2 nitrogen and oxygen atoms in total. The number of carbonyl (C=O) groups is 1. The van der Waals surface area contributed by atoms with Gasteiger partial charge in [-0.05, 0) is 18.2 Å². The number of amides is 1. The predicted octanol–water partition coefficient (Wildman–Crippen LogP) is 3.69. The third-order valence-corrected chi connectivity index (χ3v) is 1.55. The van der Waals surface area contributed by atoms with E-state index in [2.05, 4.69) is 5.32 Å². The molecule has 0 fully saturated rings. The van der Waals surface area contributed by atoms with E-state index in [1.54, 1.807) is 0 Å². The summed E-state index contributed by atoms with van der Waals surface area (Å²) in [7, 11) is 0. The van der Waals surface area contributed by atoms with Crippen molar-refractivity contribution in [3.8, 4) is 0 Å². The summed E-state index contributed by atoms with van der Waals surface area (Å²) in [6, 6.07) is 1.85. The van der Waals surface area contributed by atoms with Crippen molar-refractivity contribution in [2.45, 2.75) is 13.1 Å². The monoisotopic (exact) mass is 273 g/mol. The maximum Gasteiger partial charge on any atom is 0.416 e. The zero-order valence-electron chi connectivity index (χ0n) is 9.12. The van der Waals surface area contributed by atoms with Gasteiger partial charge in [-0.15, -0.1) is 0 Å². The van der Waals surface area contributed by atoms with Crippen LogP contribution in [0.15, 0.2) is 18.2 Å². The van der Waals surface area contributed by atoms with Crippen LogP contribution in [-0.4, -0.2) is 12.8 Å². The van der Waals surface area contributed by atoms with E-state index in [1.165, 1.54) is 0 Å². The molecule has 0 heterocycles. The normalized spacial score (nSPS) is 10.4. The van der Waals surface area contributed by atoms with Gasteiger partial charge in [-0.3, -0.25) is 4.79 Å². The lowest BCUT2D eigenvalue weighted by molar-refractivity contribution is -0.137. The molecule has 1 N–H and O–H groups in total. The Morgan fingerprint density at radius 2 is 1.72 bits per heavy atom. The van der Waals surface area contributed by atoms with Crippen LogP contribution in [0.25, 0.3) is 0 Å². The molecule has 1 rings (SSSR count). The van der Waals surface area contributed by atoms with Gasteiger partial charge in [-0.25, -0.2) is 13.2 Å². The fourth-order valence-corrected chi connectivity index (χ4v) is 1.03. The van der Waals surface area contributed by atoms with Crippen LogP contribution in [0, 0.1) is 5.82 Å². The molecule has 0 radical (unpaired) electrons. The number of benzene rings is 1. The number of hydrogen-bond acceptors (Lipinski definition) is 1. The Bertz CT molecular complexity index is 404. The Kier molecular flexibility index (Phi) is 6.21. The van der Waals surface area contributed by atoms with Gasteiger partial charge < -0.3 is 5.32 Å². The molecule has 0 aromatic heterocycles. The van der Waals surface area contributed by atoms with E-state index in [0.717, 1.165) is 13.0 Å². The van der Waals surface area contributed by atoms with E-state index in [4.69, 9.17) is 0 Å². The predicted molar refractivity (Wildman–Crippen MR) is 52.8 cm³/mol. The van der Waals surface area contributed by atoms with Gasteiger partial charge in [0, 0.05) is 12.6 Å². The van der Waals surface area contributed by atoms with Crippen molar-refractivity contribution < 1.29 is 31.1 Å². The van der Waals surface area contributed by atoms with Gasteiger partial charge in [-0.1, -0.05) is 0 Å². The average molecular weight is 273 g/mol. The van der Waals surface area contributed by atoms with E-state index < -0.39 is 30.4 Å². The van der Waals surface area contributed by atoms with Gasteiger partial charge in [-0.2, -0.15) is 13.2 Å². The minimum absolute atomic E-state index is 0.213. The first-order valence-electron chi connectivity index (χ1n) is 4.48. The van der Waals surface area contributed by atoms with Crippen LogP contribution in [0.3, 0.4) is 0 Å². The number of carbonyl (C=O) groups excluding carboxylic acids is 1. The van der Waals surface area contributed by atoms with Crippen molar-refractivity contribution >= 4 is 11.6 Å². The first-order valence-corrected chi connectivity index (χ1v) is 4.48. The van der Waals surface area contributed by atoms with Crippen molar-refractivity contribution in [1.29, 1.82) is 0 Å². The summed E-state index contributed by atoms with van der Waals surface area (Å²) in [5, 5.41) is 2.08. The summed E-state index contributed by atoms with van der Waals surface area (Å²) in [5.74, 6) is -1.61. The van der Waals surface area contributed by atoms with E-state index >= 15 is 0 Å². The lowest BCUT2D eigenvalue weighted by Gasteiger charge is -2.09. The van der Waals surface area contributed by atoms with Crippen LogP contribution in [-0.2, 0) is 11.0 Å². The highest BCUT2D eigenvalue weighted by molar-refractivity contribution is 5.88. The fourth-order valence-electron chi connectivity index (χ4n) is 1.03. The number of anilines is 1. The Labute approximate surface area is 98.6 Å². The quantitative estimate of drug-likeness (QED) is 0.777. The molecule has 1 aromatic rings. The summed E-state index contributed by atoms with van der Waals surface area (Å²) in [6.07, 6.45) is -4.63. The maximum atomic E-state index is 12.8. The van der Waals surface area contributed by atoms with Gasteiger partial charge in [0.2, 0.25) is 12.8 Å². The molecule has 1 aromatic carbocycles. The van der Waals surface area contributed by atoms with Crippen LogP contribution < -0.4 is 5.32 Å². The van der Waals surface area contributed by atoms with E-state index in [1.807, 2.05) is 0 Å². The largest absolute Gasteiger partial charge is 0.416 e. The van der Waals surface area contributed by atoms with Crippen molar-refractivity contribution in [3.63, 3.8) is 0 Å². The molecule has 1 amide bonds. The fraction of sp³-hybridized carbons (Fsp3) is 0.300.